The summed E-state index contributed by atoms with van der Waals surface area (Å²) in [5, 5.41) is 6.04. The van der Waals surface area contributed by atoms with Gasteiger partial charge in [-0.1, -0.05) is 18.2 Å². The highest BCUT2D eigenvalue weighted by Crippen LogP contribution is 2.17. The number of carbonyl (C=O) groups is 1. The van der Waals surface area contributed by atoms with E-state index in [0.29, 0.717) is 6.61 Å². The van der Waals surface area contributed by atoms with Gasteiger partial charge in [0.2, 0.25) is 5.91 Å². The van der Waals surface area contributed by atoms with Crippen LogP contribution in [0.3, 0.4) is 0 Å². The third kappa shape index (κ3) is 4.03. The zero-order valence-corrected chi connectivity index (χ0v) is 12.1. The van der Waals surface area contributed by atoms with Crippen LogP contribution >= 0.6 is 0 Å². The van der Waals surface area contributed by atoms with Crippen molar-refractivity contribution in [2.75, 3.05) is 38.7 Å². The molecule has 1 aliphatic heterocycles. The number of methoxy groups -OCH3 is 1. The van der Waals surface area contributed by atoms with Gasteiger partial charge in [-0.3, -0.25) is 4.79 Å². The highest BCUT2D eigenvalue weighted by molar-refractivity contribution is 5.92. The molecule has 0 aromatic heterocycles. The van der Waals surface area contributed by atoms with Crippen LogP contribution in [0.5, 0.6) is 0 Å². The second-order valence-electron chi connectivity index (χ2n) is 5.29. The Morgan fingerprint density at radius 2 is 2.15 bits per heavy atom. The van der Waals surface area contributed by atoms with E-state index in [1.807, 2.05) is 31.2 Å². The first kappa shape index (κ1) is 15.0. The summed E-state index contributed by atoms with van der Waals surface area (Å²) < 4.78 is 10.7. The molecule has 2 rings (SSSR count). The minimum Gasteiger partial charge on any atom is -0.384 e. The summed E-state index contributed by atoms with van der Waals surface area (Å²) in [4.78, 5) is 11.9. The molecule has 0 spiro atoms. The summed E-state index contributed by atoms with van der Waals surface area (Å²) in [6.45, 7) is 4.31. The quantitative estimate of drug-likeness (QED) is 0.786. The maximum absolute atomic E-state index is 11.9. The topological polar surface area (TPSA) is 59.6 Å². The fourth-order valence-electron chi connectivity index (χ4n) is 2.08. The van der Waals surface area contributed by atoms with Crippen LogP contribution in [0.1, 0.15) is 12.5 Å². The molecule has 1 aromatic rings. The normalized spacial score (nSPS) is 16.5. The van der Waals surface area contributed by atoms with Crippen LogP contribution in [0.4, 0.5) is 5.69 Å². The molecule has 0 aliphatic carbocycles. The molecule has 1 heterocycles. The smallest absolute Gasteiger partial charge is 0.250 e. The summed E-state index contributed by atoms with van der Waals surface area (Å²) in [7, 11) is 1.67. The molecule has 5 nitrogen and oxygen atoms in total. The number of para-hydroxylation sites is 1. The number of carbonyl (C=O) groups excluding carboxylic acids is 1. The highest BCUT2D eigenvalue weighted by atomic mass is 16.5. The van der Waals surface area contributed by atoms with Crippen molar-refractivity contribution < 1.29 is 14.3 Å². The number of anilines is 1. The van der Waals surface area contributed by atoms with E-state index in [-0.39, 0.29) is 18.1 Å². The van der Waals surface area contributed by atoms with Crippen molar-refractivity contribution in [3.05, 3.63) is 29.8 Å². The zero-order valence-electron chi connectivity index (χ0n) is 12.1. The molecule has 0 bridgehead atoms. The maximum atomic E-state index is 11.9. The highest BCUT2D eigenvalue weighted by Gasteiger charge is 2.33. The van der Waals surface area contributed by atoms with Crippen molar-refractivity contribution in [1.82, 2.24) is 5.32 Å². The van der Waals surface area contributed by atoms with Gasteiger partial charge in [-0.25, -0.2) is 0 Å². The van der Waals surface area contributed by atoms with Crippen LogP contribution in [0.25, 0.3) is 0 Å². The number of benzene rings is 1. The van der Waals surface area contributed by atoms with Crippen LogP contribution < -0.4 is 10.6 Å². The molecule has 0 saturated carbocycles. The average molecular weight is 278 g/mol. The van der Waals surface area contributed by atoms with E-state index >= 15 is 0 Å². The van der Waals surface area contributed by atoms with Crippen molar-refractivity contribution in [2.24, 2.45) is 0 Å². The molecule has 0 unspecified atom stereocenters. The second-order valence-corrected chi connectivity index (χ2v) is 5.29. The Morgan fingerprint density at radius 1 is 1.40 bits per heavy atom. The largest absolute Gasteiger partial charge is 0.384 e. The van der Waals surface area contributed by atoms with Crippen molar-refractivity contribution in [3.8, 4) is 0 Å². The van der Waals surface area contributed by atoms with Gasteiger partial charge in [0, 0.05) is 25.9 Å². The summed E-state index contributed by atoms with van der Waals surface area (Å²) in [6, 6.07) is 7.75. The Balaban J connectivity index is 1.86. The number of amides is 1. The molecule has 1 aromatic carbocycles. The molecule has 110 valence electrons. The molecule has 1 saturated heterocycles. The lowest BCUT2D eigenvalue weighted by atomic mass is 10.0. The van der Waals surface area contributed by atoms with Gasteiger partial charge in [-0.2, -0.15) is 0 Å². The van der Waals surface area contributed by atoms with Gasteiger partial charge in [0.1, 0.15) is 6.61 Å². The van der Waals surface area contributed by atoms with E-state index in [1.165, 1.54) is 0 Å². The Kier molecular flexibility index (Phi) is 5.11. The van der Waals surface area contributed by atoms with Crippen molar-refractivity contribution in [3.63, 3.8) is 0 Å². The first-order chi connectivity index (χ1) is 9.63. The molecule has 1 aliphatic rings. The fraction of sp³-hybridized carbons (Fsp3) is 0.533. The first-order valence-electron chi connectivity index (χ1n) is 6.84. The molecule has 0 atom stereocenters. The molecule has 5 heteroatoms. The SMILES string of the molecule is COCCc1ccccc1NC(=O)COC1(C)CNC1. The number of hydrogen-bond acceptors (Lipinski definition) is 4. The summed E-state index contributed by atoms with van der Waals surface area (Å²) >= 11 is 0. The Bertz CT molecular complexity index is 458. The lowest BCUT2D eigenvalue weighted by Gasteiger charge is -2.38. The van der Waals surface area contributed by atoms with Gasteiger partial charge in [0.25, 0.3) is 0 Å². The van der Waals surface area contributed by atoms with Gasteiger partial charge in [0.05, 0.1) is 12.2 Å². The molecule has 1 fully saturated rings. The molecule has 0 radical (unpaired) electrons. The number of hydrogen-bond donors (Lipinski definition) is 2. The number of rotatable bonds is 7. The van der Waals surface area contributed by atoms with E-state index in [1.54, 1.807) is 7.11 Å². The van der Waals surface area contributed by atoms with Gasteiger partial charge in [-0.15, -0.1) is 0 Å². The molecule has 2 N–H and O–H groups in total. The maximum Gasteiger partial charge on any atom is 0.250 e. The van der Waals surface area contributed by atoms with Crippen LogP contribution in [0.2, 0.25) is 0 Å². The minimum absolute atomic E-state index is 0.0802. The van der Waals surface area contributed by atoms with E-state index in [4.69, 9.17) is 9.47 Å². The van der Waals surface area contributed by atoms with Crippen molar-refractivity contribution in [1.29, 1.82) is 0 Å². The Labute approximate surface area is 119 Å². The van der Waals surface area contributed by atoms with Crippen molar-refractivity contribution >= 4 is 11.6 Å². The second kappa shape index (κ2) is 6.83. The Hall–Kier alpha value is -1.43. The lowest BCUT2D eigenvalue weighted by Crippen LogP contribution is -2.59. The van der Waals surface area contributed by atoms with E-state index in [2.05, 4.69) is 10.6 Å². The molecule has 1 amide bonds. The summed E-state index contributed by atoms with van der Waals surface area (Å²) in [6.07, 6.45) is 0.773. The predicted octanol–water partition coefficient (Wildman–Crippen LogP) is 1.19. The zero-order chi connectivity index (χ0) is 14.4. The summed E-state index contributed by atoms with van der Waals surface area (Å²) in [5.74, 6) is -0.122. The third-order valence-electron chi connectivity index (χ3n) is 3.42. The van der Waals surface area contributed by atoms with E-state index in [0.717, 1.165) is 30.8 Å². The van der Waals surface area contributed by atoms with Gasteiger partial charge < -0.3 is 20.1 Å². The van der Waals surface area contributed by atoms with Gasteiger partial charge in [-0.05, 0) is 25.0 Å². The number of ether oxygens (including phenoxy) is 2. The third-order valence-corrected chi connectivity index (χ3v) is 3.42. The van der Waals surface area contributed by atoms with Crippen LogP contribution in [-0.4, -0.2) is 44.9 Å². The van der Waals surface area contributed by atoms with Gasteiger partial charge >= 0.3 is 0 Å². The minimum atomic E-state index is -0.201. The first-order valence-corrected chi connectivity index (χ1v) is 6.84. The molecular formula is C15H22N2O3. The monoisotopic (exact) mass is 278 g/mol. The van der Waals surface area contributed by atoms with Crippen LogP contribution in [-0.2, 0) is 20.7 Å². The predicted molar refractivity (Wildman–Crippen MR) is 77.9 cm³/mol. The number of nitrogens with one attached hydrogen (secondary N) is 2. The van der Waals surface area contributed by atoms with E-state index in [9.17, 15) is 4.79 Å². The van der Waals surface area contributed by atoms with E-state index < -0.39 is 0 Å². The average Bonchev–Trinajstić information content (AvgIpc) is 2.42. The van der Waals surface area contributed by atoms with Gasteiger partial charge in [0.15, 0.2) is 0 Å². The molecular weight excluding hydrogens is 256 g/mol. The fourth-order valence-corrected chi connectivity index (χ4v) is 2.08. The van der Waals surface area contributed by atoms with Crippen LogP contribution in [0.15, 0.2) is 24.3 Å². The molecule has 20 heavy (non-hydrogen) atoms. The summed E-state index contributed by atoms with van der Waals surface area (Å²) in [5.41, 5.74) is 1.70. The lowest BCUT2D eigenvalue weighted by molar-refractivity contribution is -0.130. The standard InChI is InChI=1S/C15H22N2O3/c1-15(10-16-11-15)20-9-14(18)17-13-6-4-3-5-12(13)7-8-19-2/h3-6,16H,7-11H2,1-2H3,(H,17,18). The van der Waals surface area contributed by atoms with Crippen LogP contribution in [0, 0.1) is 0 Å². The Morgan fingerprint density at radius 3 is 2.80 bits per heavy atom. The van der Waals surface area contributed by atoms with Crippen molar-refractivity contribution in [2.45, 2.75) is 18.9 Å².